The normalized spacial score (nSPS) is 17.8. The van der Waals surface area contributed by atoms with Crippen LogP contribution in [0.3, 0.4) is 0 Å². The zero-order valence-corrected chi connectivity index (χ0v) is 17.1. The lowest BCUT2D eigenvalue weighted by molar-refractivity contribution is -0.137. The van der Waals surface area contributed by atoms with Gasteiger partial charge < -0.3 is 15.3 Å². The molecule has 0 bridgehead atoms. The molecule has 0 aliphatic carbocycles. The zero-order chi connectivity index (χ0) is 20.7. The van der Waals surface area contributed by atoms with Gasteiger partial charge in [-0.1, -0.05) is 45.0 Å². The minimum Gasteiger partial charge on any atom is -0.481 e. The van der Waals surface area contributed by atoms with Gasteiger partial charge in [0.25, 0.3) is 0 Å². The van der Waals surface area contributed by atoms with Gasteiger partial charge in [-0.25, -0.2) is 0 Å². The van der Waals surface area contributed by atoms with Crippen molar-refractivity contribution >= 4 is 17.8 Å². The maximum Gasteiger partial charge on any atom is 0.305 e. The monoisotopic (exact) mass is 388 g/mol. The van der Waals surface area contributed by atoms with Crippen LogP contribution >= 0.6 is 0 Å². The molecule has 2 N–H and O–H groups in total. The number of carbonyl (C=O) groups is 3. The number of amides is 2. The van der Waals surface area contributed by atoms with Gasteiger partial charge in [0.15, 0.2) is 0 Å². The summed E-state index contributed by atoms with van der Waals surface area (Å²) in [7, 11) is 0. The van der Waals surface area contributed by atoms with Crippen molar-refractivity contribution in [2.24, 2.45) is 5.92 Å². The quantitative estimate of drug-likeness (QED) is 0.645. The second kappa shape index (κ2) is 10.2. The lowest BCUT2D eigenvalue weighted by atomic mass is 10.0. The highest BCUT2D eigenvalue weighted by molar-refractivity contribution is 5.82. The van der Waals surface area contributed by atoms with Crippen molar-refractivity contribution in [1.29, 1.82) is 0 Å². The van der Waals surface area contributed by atoms with E-state index in [4.69, 9.17) is 5.11 Å². The number of hydrogen-bond donors (Lipinski definition) is 2. The molecule has 0 aromatic heterocycles. The van der Waals surface area contributed by atoms with Gasteiger partial charge in [0.1, 0.15) is 0 Å². The summed E-state index contributed by atoms with van der Waals surface area (Å²) in [4.78, 5) is 37.8. The molecule has 2 amide bonds. The highest BCUT2D eigenvalue weighted by Gasteiger charge is 2.33. The van der Waals surface area contributed by atoms with Gasteiger partial charge in [-0.05, 0) is 36.3 Å². The van der Waals surface area contributed by atoms with Crippen molar-refractivity contribution in [2.45, 2.75) is 77.9 Å². The number of rotatable bonds is 10. The highest BCUT2D eigenvalue weighted by atomic mass is 16.4. The fourth-order valence-electron chi connectivity index (χ4n) is 3.94. The molecular formula is C22H32N2O4. The first-order valence-electron chi connectivity index (χ1n) is 10.2. The molecule has 1 aromatic carbocycles. The number of carbonyl (C=O) groups excluding carboxylic acids is 2. The van der Waals surface area contributed by atoms with Gasteiger partial charge in [-0.15, -0.1) is 0 Å². The first-order valence-corrected chi connectivity index (χ1v) is 10.2. The van der Waals surface area contributed by atoms with Crippen LogP contribution in [0.1, 0.15) is 64.0 Å². The Morgan fingerprint density at radius 2 is 1.93 bits per heavy atom. The van der Waals surface area contributed by atoms with Crippen LogP contribution in [0.25, 0.3) is 0 Å². The molecule has 6 heteroatoms. The Hall–Kier alpha value is -2.37. The Balaban J connectivity index is 2.01. The Morgan fingerprint density at radius 1 is 1.25 bits per heavy atom. The number of nitrogens with zero attached hydrogens (tertiary/aromatic N) is 1. The first-order chi connectivity index (χ1) is 13.3. The summed E-state index contributed by atoms with van der Waals surface area (Å²) in [5.74, 6) is -0.729. The molecule has 1 fully saturated rings. The molecule has 1 aromatic rings. The lowest BCUT2D eigenvalue weighted by Gasteiger charge is -2.27. The minimum absolute atomic E-state index is 0.0768. The van der Waals surface area contributed by atoms with Crippen LogP contribution < -0.4 is 5.32 Å². The predicted molar refractivity (Wildman–Crippen MR) is 108 cm³/mol. The number of benzene rings is 1. The van der Waals surface area contributed by atoms with E-state index in [1.54, 1.807) is 0 Å². The van der Waals surface area contributed by atoms with Gasteiger partial charge in [0, 0.05) is 31.5 Å². The van der Waals surface area contributed by atoms with Crippen molar-refractivity contribution in [2.75, 3.05) is 0 Å². The number of nitrogens with one attached hydrogen (secondary N) is 1. The van der Waals surface area contributed by atoms with Gasteiger partial charge in [0.05, 0.1) is 6.42 Å². The van der Waals surface area contributed by atoms with Crippen LogP contribution in [-0.2, 0) is 27.3 Å². The standard InChI is InChI=1S/C22H32N2O4/c1-4-16-7-5-6-8-17(16)14-24-19(9-10-21(24)26)13-20(25)23-18(11-15(2)3)12-22(27)28/h5-8,15,18-19H,4,9-14H2,1-3H3,(H,23,25)(H,27,28)/t18-,19-/m1/s1. The summed E-state index contributed by atoms with van der Waals surface area (Å²) < 4.78 is 0. The number of aryl methyl sites for hydroxylation is 1. The average Bonchev–Trinajstić information content (AvgIpc) is 2.94. The summed E-state index contributed by atoms with van der Waals surface area (Å²) >= 11 is 0. The molecule has 154 valence electrons. The van der Waals surface area contributed by atoms with E-state index < -0.39 is 5.97 Å². The van der Waals surface area contributed by atoms with Crippen LogP contribution in [0.15, 0.2) is 24.3 Å². The second-order valence-electron chi connectivity index (χ2n) is 8.03. The van der Waals surface area contributed by atoms with E-state index in [9.17, 15) is 14.4 Å². The van der Waals surface area contributed by atoms with Gasteiger partial charge >= 0.3 is 5.97 Å². The molecule has 0 radical (unpaired) electrons. The molecule has 1 aliphatic heterocycles. The van der Waals surface area contributed by atoms with E-state index in [0.29, 0.717) is 31.7 Å². The molecule has 1 aliphatic rings. The van der Waals surface area contributed by atoms with E-state index in [0.717, 1.165) is 12.0 Å². The van der Waals surface area contributed by atoms with Crippen molar-refractivity contribution < 1.29 is 19.5 Å². The third-order valence-electron chi connectivity index (χ3n) is 5.26. The molecule has 1 saturated heterocycles. The maximum atomic E-state index is 12.6. The van der Waals surface area contributed by atoms with E-state index in [-0.39, 0.29) is 36.7 Å². The van der Waals surface area contributed by atoms with Crippen LogP contribution in [0.2, 0.25) is 0 Å². The Labute approximate surface area is 167 Å². The summed E-state index contributed by atoms with van der Waals surface area (Å²) in [5, 5.41) is 12.0. The Kier molecular flexibility index (Phi) is 8.03. The van der Waals surface area contributed by atoms with Gasteiger partial charge in [-0.2, -0.15) is 0 Å². The first kappa shape index (κ1) is 21.9. The SMILES string of the molecule is CCc1ccccc1CN1C(=O)CC[C@@H]1CC(=O)N[C@@H](CC(=O)O)CC(C)C. The largest absolute Gasteiger partial charge is 0.481 e. The summed E-state index contributed by atoms with van der Waals surface area (Å²) in [5.41, 5.74) is 2.33. The third-order valence-corrected chi connectivity index (χ3v) is 5.26. The lowest BCUT2D eigenvalue weighted by Crippen LogP contribution is -2.41. The topological polar surface area (TPSA) is 86.7 Å². The van der Waals surface area contributed by atoms with E-state index >= 15 is 0 Å². The van der Waals surface area contributed by atoms with E-state index in [2.05, 4.69) is 18.3 Å². The summed E-state index contributed by atoms with van der Waals surface area (Å²) in [6.45, 7) is 6.62. The number of hydrogen-bond acceptors (Lipinski definition) is 3. The Morgan fingerprint density at radius 3 is 2.54 bits per heavy atom. The molecule has 2 atom stereocenters. The molecule has 0 spiro atoms. The minimum atomic E-state index is -0.917. The molecule has 1 heterocycles. The smallest absolute Gasteiger partial charge is 0.305 e. The number of carboxylic acids is 1. The van der Waals surface area contributed by atoms with Gasteiger partial charge in [-0.3, -0.25) is 14.4 Å². The molecular weight excluding hydrogens is 356 g/mol. The predicted octanol–water partition coefficient (Wildman–Crippen LogP) is 3.14. The fourth-order valence-corrected chi connectivity index (χ4v) is 3.94. The fraction of sp³-hybridized carbons (Fsp3) is 0.591. The number of likely N-dealkylation sites (tertiary alicyclic amines) is 1. The van der Waals surface area contributed by atoms with E-state index in [1.165, 1.54) is 5.56 Å². The highest BCUT2D eigenvalue weighted by Crippen LogP contribution is 2.25. The van der Waals surface area contributed by atoms with Crippen LogP contribution in [0.4, 0.5) is 0 Å². The molecule has 0 saturated carbocycles. The van der Waals surface area contributed by atoms with Crippen LogP contribution in [0, 0.1) is 5.92 Å². The number of aliphatic carboxylic acids is 1. The average molecular weight is 389 g/mol. The summed E-state index contributed by atoms with van der Waals surface area (Å²) in [6.07, 6.45) is 2.77. The summed E-state index contributed by atoms with van der Waals surface area (Å²) in [6, 6.07) is 7.56. The zero-order valence-electron chi connectivity index (χ0n) is 17.1. The van der Waals surface area contributed by atoms with Crippen molar-refractivity contribution in [3.05, 3.63) is 35.4 Å². The van der Waals surface area contributed by atoms with Crippen molar-refractivity contribution in [3.8, 4) is 0 Å². The molecule has 2 rings (SSSR count). The van der Waals surface area contributed by atoms with Crippen LogP contribution in [0.5, 0.6) is 0 Å². The Bertz CT molecular complexity index is 702. The molecule has 28 heavy (non-hydrogen) atoms. The van der Waals surface area contributed by atoms with E-state index in [1.807, 2.05) is 36.9 Å². The number of carboxylic acid groups (broad SMARTS) is 1. The third kappa shape index (κ3) is 6.36. The molecule has 0 unspecified atom stereocenters. The molecule has 6 nitrogen and oxygen atoms in total. The second-order valence-corrected chi connectivity index (χ2v) is 8.03. The van der Waals surface area contributed by atoms with Crippen molar-refractivity contribution in [1.82, 2.24) is 10.2 Å². The van der Waals surface area contributed by atoms with Gasteiger partial charge in [0.2, 0.25) is 11.8 Å². The van der Waals surface area contributed by atoms with Crippen molar-refractivity contribution in [3.63, 3.8) is 0 Å². The maximum absolute atomic E-state index is 12.6. The van der Waals surface area contributed by atoms with Crippen LogP contribution in [-0.4, -0.2) is 39.9 Å².